The monoisotopic (exact) mass is 210 g/mol. The molecule has 84 valence electrons. The van der Waals surface area contributed by atoms with E-state index in [2.05, 4.69) is 10.4 Å². The predicted octanol–water partition coefficient (Wildman–Crippen LogP) is 0.196. The molecule has 0 aromatic carbocycles. The number of rotatable bonds is 4. The van der Waals surface area contributed by atoms with Crippen molar-refractivity contribution in [2.75, 3.05) is 6.54 Å². The van der Waals surface area contributed by atoms with E-state index in [1.54, 1.807) is 10.9 Å². The number of nitrogens with zero attached hydrogens (tertiary/aromatic N) is 2. The summed E-state index contributed by atoms with van der Waals surface area (Å²) in [5, 5.41) is 6.89. The highest BCUT2D eigenvalue weighted by Gasteiger charge is 2.15. The lowest BCUT2D eigenvalue weighted by atomic mass is 10.2. The molecule has 1 unspecified atom stereocenters. The van der Waals surface area contributed by atoms with E-state index in [1.807, 2.05) is 20.9 Å². The van der Waals surface area contributed by atoms with Gasteiger partial charge in [-0.25, -0.2) is 0 Å². The SMILES string of the molecule is CCC(CN)NC(=O)c1cnn(C)c1C. The summed E-state index contributed by atoms with van der Waals surface area (Å²) in [6.07, 6.45) is 2.41. The molecule has 5 nitrogen and oxygen atoms in total. The van der Waals surface area contributed by atoms with Crippen molar-refractivity contribution in [3.05, 3.63) is 17.5 Å². The van der Waals surface area contributed by atoms with Crippen LogP contribution >= 0.6 is 0 Å². The summed E-state index contributed by atoms with van der Waals surface area (Å²) in [4.78, 5) is 11.8. The van der Waals surface area contributed by atoms with Crippen LogP contribution in [0.1, 0.15) is 29.4 Å². The fourth-order valence-corrected chi connectivity index (χ4v) is 1.31. The Morgan fingerprint density at radius 2 is 2.40 bits per heavy atom. The van der Waals surface area contributed by atoms with Gasteiger partial charge in [0.05, 0.1) is 11.8 Å². The van der Waals surface area contributed by atoms with E-state index in [9.17, 15) is 4.79 Å². The van der Waals surface area contributed by atoms with Crippen LogP contribution < -0.4 is 11.1 Å². The summed E-state index contributed by atoms with van der Waals surface area (Å²) in [6, 6.07) is 0.0390. The molecule has 1 amide bonds. The lowest BCUT2D eigenvalue weighted by Gasteiger charge is -2.14. The second-order valence-corrected chi connectivity index (χ2v) is 3.58. The van der Waals surface area contributed by atoms with E-state index in [-0.39, 0.29) is 11.9 Å². The molecule has 0 fully saturated rings. The summed E-state index contributed by atoms with van der Waals surface area (Å²) in [5.74, 6) is -0.0992. The maximum Gasteiger partial charge on any atom is 0.255 e. The van der Waals surface area contributed by atoms with Crippen LogP contribution in [0.3, 0.4) is 0 Å². The summed E-state index contributed by atoms with van der Waals surface area (Å²) in [7, 11) is 1.81. The van der Waals surface area contributed by atoms with E-state index in [0.29, 0.717) is 12.1 Å². The molecule has 0 spiro atoms. The van der Waals surface area contributed by atoms with Crippen molar-refractivity contribution in [2.45, 2.75) is 26.3 Å². The van der Waals surface area contributed by atoms with E-state index < -0.39 is 0 Å². The molecule has 1 atom stereocenters. The number of hydrogen-bond acceptors (Lipinski definition) is 3. The topological polar surface area (TPSA) is 72.9 Å². The molecule has 1 aromatic rings. The van der Waals surface area contributed by atoms with E-state index in [1.165, 1.54) is 0 Å². The minimum Gasteiger partial charge on any atom is -0.348 e. The molecule has 0 bridgehead atoms. The molecular weight excluding hydrogens is 192 g/mol. The minimum absolute atomic E-state index is 0.0390. The van der Waals surface area contributed by atoms with Gasteiger partial charge in [0.15, 0.2) is 0 Å². The smallest absolute Gasteiger partial charge is 0.255 e. The molecule has 0 saturated heterocycles. The zero-order chi connectivity index (χ0) is 11.4. The van der Waals surface area contributed by atoms with Crippen LogP contribution in [0.4, 0.5) is 0 Å². The number of nitrogens with two attached hydrogens (primary N) is 1. The first-order valence-electron chi connectivity index (χ1n) is 5.09. The van der Waals surface area contributed by atoms with Crippen LogP contribution in [0.15, 0.2) is 6.20 Å². The molecule has 1 aromatic heterocycles. The first-order valence-corrected chi connectivity index (χ1v) is 5.09. The van der Waals surface area contributed by atoms with Gasteiger partial charge in [-0.15, -0.1) is 0 Å². The van der Waals surface area contributed by atoms with Gasteiger partial charge in [0.25, 0.3) is 5.91 Å². The van der Waals surface area contributed by atoms with Gasteiger partial charge in [-0.1, -0.05) is 6.92 Å². The third-order valence-corrected chi connectivity index (χ3v) is 2.59. The largest absolute Gasteiger partial charge is 0.348 e. The van der Waals surface area contributed by atoms with Gasteiger partial charge in [0.1, 0.15) is 0 Å². The Morgan fingerprint density at radius 1 is 1.73 bits per heavy atom. The van der Waals surface area contributed by atoms with Crippen molar-refractivity contribution in [3.63, 3.8) is 0 Å². The fraction of sp³-hybridized carbons (Fsp3) is 0.600. The van der Waals surface area contributed by atoms with Crippen molar-refractivity contribution in [2.24, 2.45) is 12.8 Å². The number of hydrogen-bond donors (Lipinski definition) is 2. The Kier molecular flexibility index (Phi) is 3.85. The number of nitrogens with one attached hydrogen (secondary N) is 1. The van der Waals surface area contributed by atoms with Crippen molar-refractivity contribution < 1.29 is 4.79 Å². The van der Waals surface area contributed by atoms with Crippen LogP contribution in [-0.2, 0) is 7.05 Å². The predicted molar refractivity (Wildman–Crippen MR) is 58.5 cm³/mol. The van der Waals surface area contributed by atoms with Gasteiger partial charge < -0.3 is 11.1 Å². The highest BCUT2D eigenvalue weighted by atomic mass is 16.1. The van der Waals surface area contributed by atoms with Crippen LogP contribution in [0.5, 0.6) is 0 Å². The molecule has 0 radical (unpaired) electrons. The molecule has 0 saturated carbocycles. The lowest BCUT2D eigenvalue weighted by Crippen LogP contribution is -2.39. The number of carbonyl (C=O) groups excluding carboxylic acids is 1. The first-order chi connectivity index (χ1) is 7.10. The summed E-state index contributed by atoms with van der Waals surface area (Å²) >= 11 is 0. The lowest BCUT2D eigenvalue weighted by molar-refractivity contribution is 0.0936. The average Bonchev–Trinajstić information content (AvgIpc) is 2.56. The summed E-state index contributed by atoms with van der Waals surface area (Å²) < 4.78 is 1.68. The maximum atomic E-state index is 11.8. The number of amides is 1. The third-order valence-electron chi connectivity index (χ3n) is 2.59. The second-order valence-electron chi connectivity index (χ2n) is 3.58. The Hall–Kier alpha value is -1.36. The minimum atomic E-state index is -0.0992. The van der Waals surface area contributed by atoms with Crippen molar-refractivity contribution in [1.29, 1.82) is 0 Å². The number of aryl methyl sites for hydroxylation is 1. The molecule has 0 aliphatic heterocycles. The zero-order valence-electron chi connectivity index (χ0n) is 9.45. The molecule has 1 heterocycles. The highest BCUT2D eigenvalue weighted by Crippen LogP contribution is 2.05. The molecule has 15 heavy (non-hydrogen) atoms. The van der Waals surface area contributed by atoms with Gasteiger partial charge >= 0.3 is 0 Å². The van der Waals surface area contributed by atoms with Crippen LogP contribution in [0, 0.1) is 6.92 Å². The van der Waals surface area contributed by atoms with E-state index in [0.717, 1.165) is 12.1 Å². The fourth-order valence-electron chi connectivity index (χ4n) is 1.31. The third kappa shape index (κ3) is 2.56. The normalized spacial score (nSPS) is 12.5. The van der Waals surface area contributed by atoms with Crippen molar-refractivity contribution in [1.82, 2.24) is 15.1 Å². The van der Waals surface area contributed by atoms with Crippen molar-refractivity contribution in [3.8, 4) is 0 Å². The van der Waals surface area contributed by atoms with Gasteiger partial charge in [-0.05, 0) is 13.3 Å². The molecule has 5 heteroatoms. The number of aromatic nitrogens is 2. The first kappa shape index (κ1) is 11.7. The van der Waals surface area contributed by atoms with E-state index >= 15 is 0 Å². The molecule has 0 aliphatic rings. The Bertz CT molecular complexity index is 341. The second kappa shape index (κ2) is 4.93. The van der Waals surface area contributed by atoms with Crippen LogP contribution in [0.2, 0.25) is 0 Å². The average molecular weight is 210 g/mol. The van der Waals surface area contributed by atoms with Gasteiger partial charge in [0, 0.05) is 25.3 Å². The van der Waals surface area contributed by atoms with Gasteiger partial charge in [-0.3, -0.25) is 9.48 Å². The Morgan fingerprint density at radius 3 is 2.80 bits per heavy atom. The van der Waals surface area contributed by atoms with Crippen molar-refractivity contribution >= 4 is 5.91 Å². The molecule has 3 N–H and O–H groups in total. The maximum absolute atomic E-state index is 11.8. The molecule has 1 rings (SSSR count). The standard InChI is InChI=1S/C10H18N4O/c1-4-8(5-11)13-10(15)9-6-12-14(3)7(9)2/h6,8H,4-5,11H2,1-3H3,(H,13,15). The molecular formula is C10H18N4O. The van der Waals surface area contributed by atoms with Crippen LogP contribution in [-0.4, -0.2) is 28.3 Å². The van der Waals surface area contributed by atoms with Gasteiger partial charge in [0.2, 0.25) is 0 Å². The summed E-state index contributed by atoms with van der Waals surface area (Å²) in [5.41, 5.74) is 6.99. The Labute approximate surface area is 89.6 Å². The number of carbonyl (C=O) groups is 1. The van der Waals surface area contributed by atoms with Gasteiger partial charge in [-0.2, -0.15) is 5.10 Å². The highest BCUT2D eigenvalue weighted by molar-refractivity contribution is 5.95. The zero-order valence-corrected chi connectivity index (χ0v) is 9.45. The summed E-state index contributed by atoms with van der Waals surface area (Å²) in [6.45, 7) is 4.32. The quantitative estimate of drug-likeness (QED) is 0.745. The Balaban J connectivity index is 2.73. The van der Waals surface area contributed by atoms with Crippen LogP contribution in [0.25, 0.3) is 0 Å². The van der Waals surface area contributed by atoms with E-state index in [4.69, 9.17) is 5.73 Å². The molecule has 0 aliphatic carbocycles.